The number of piperazine rings is 1. The van der Waals surface area contributed by atoms with Crippen LogP contribution < -0.4 is 15.0 Å². The number of aliphatic hydroxyl groups excluding tert-OH is 1. The van der Waals surface area contributed by atoms with Crippen LogP contribution in [0.4, 0.5) is 24.8 Å². The van der Waals surface area contributed by atoms with Gasteiger partial charge in [0.25, 0.3) is 10.2 Å². The van der Waals surface area contributed by atoms with E-state index >= 15 is 0 Å². The van der Waals surface area contributed by atoms with E-state index in [-0.39, 0.29) is 12.3 Å². The Morgan fingerprint density at radius 3 is 2.36 bits per heavy atom. The molecule has 0 bridgehead atoms. The van der Waals surface area contributed by atoms with E-state index in [1.54, 1.807) is 6.07 Å². The number of aliphatic hydroxyl groups is 1. The molecule has 1 fully saturated rings. The minimum atomic E-state index is -4.78. The fourth-order valence-electron chi connectivity index (χ4n) is 3.21. The number of hydrogen-bond acceptors (Lipinski definition) is 8. The third kappa shape index (κ3) is 6.66. The van der Waals surface area contributed by atoms with Crippen LogP contribution in [0.2, 0.25) is 0 Å². The Labute approximate surface area is 189 Å². The molecule has 33 heavy (non-hydrogen) atoms. The van der Waals surface area contributed by atoms with E-state index in [4.69, 9.17) is 0 Å². The van der Waals surface area contributed by atoms with Crippen molar-refractivity contribution in [2.45, 2.75) is 12.5 Å². The third-order valence-electron chi connectivity index (χ3n) is 4.98. The first-order chi connectivity index (χ1) is 15.5. The largest absolute Gasteiger partial charge is 0.573 e. The van der Waals surface area contributed by atoms with Gasteiger partial charge in [0.05, 0.1) is 6.10 Å². The number of hydrogen-bond donors (Lipinski definition) is 2. The molecule has 0 aliphatic carbocycles. The van der Waals surface area contributed by atoms with Crippen LogP contribution in [0.3, 0.4) is 0 Å². The molecule has 3 rings (SSSR count). The van der Waals surface area contributed by atoms with E-state index in [2.05, 4.69) is 20.0 Å². The van der Waals surface area contributed by atoms with Crippen molar-refractivity contribution in [3.63, 3.8) is 0 Å². The van der Waals surface area contributed by atoms with E-state index in [1.807, 2.05) is 4.90 Å². The van der Waals surface area contributed by atoms with Crippen LogP contribution in [0.15, 0.2) is 36.7 Å². The van der Waals surface area contributed by atoms with Gasteiger partial charge in [0.15, 0.2) is 0 Å². The maximum atomic E-state index is 12.3. The average Bonchev–Trinajstić information content (AvgIpc) is 2.77. The van der Waals surface area contributed by atoms with Gasteiger partial charge in [-0.2, -0.15) is 17.0 Å². The van der Waals surface area contributed by atoms with Gasteiger partial charge in [-0.1, -0.05) is 12.1 Å². The Hall–Kier alpha value is -2.68. The van der Waals surface area contributed by atoms with Gasteiger partial charge in [-0.25, -0.2) is 9.97 Å². The number of nitrogens with zero attached hydrogens (tertiary/aromatic N) is 5. The second-order valence-electron chi connectivity index (χ2n) is 7.45. The van der Waals surface area contributed by atoms with Crippen molar-refractivity contribution in [3.05, 3.63) is 42.2 Å². The summed E-state index contributed by atoms with van der Waals surface area (Å²) in [5, 5.41) is 13.3. The van der Waals surface area contributed by atoms with Crippen LogP contribution in [-0.2, 0) is 10.2 Å². The average molecular weight is 491 g/mol. The Bertz CT molecular complexity index is 1030. The molecule has 1 aliphatic heterocycles. The van der Waals surface area contributed by atoms with Crippen molar-refractivity contribution >= 4 is 21.8 Å². The van der Waals surface area contributed by atoms with Crippen molar-refractivity contribution in [3.8, 4) is 5.75 Å². The number of ether oxygens (including phenoxy) is 1. The van der Waals surface area contributed by atoms with Crippen LogP contribution in [0.1, 0.15) is 11.7 Å². The molecular formula is C19H25F3N6O4S. The molecule has 1 aromatic carbocycles. The van der Waals surface area contributed by atoms with Crippen LogP contribution >= 0.6 is 0 Å². The number of rotatable bonds is 8. The quantitative estimate of drug-likeness (QED) is 0.572. The molecule has 1 aliphatic rings. The summed E-state index contributed by atoms with van der Waals surface area (Å²) in [6.45, 7) is 1.61. The van der Waals surface area contributed by atoms with Gasteiger partial charge >= 0.3 is 6.36 Å². The lowest BCUT2D eigenvalue weighted by Gasteiger charge is -2.35. The molecule has 1 aromatic heterocycles. The zero-order chi connectivity index (χ0) is 24.2. The SMILES string of the molecule is CN(C)S(=O)(=O)N1CCN(c2cc(NCC(O)c3ccc(OC(F)(F)F)cc3)ncn2)CC1. The zero-order valence-corrected chi connectivity index (χ0v) is 18.8. The van der Waals surface area contributed by atoms with E-state index in [0.29, 0.717) is 43.4 Å². The van der Waals surface area contributed by atoms with Crippen LogP contribution in [0, 0.1) is 0 Å². The smallest absolute Gasteiger partial charge is 0.406 e. The summed E-state index contributed by atoms with van der Waals surface area (Å²) in [5.74, 6) is 0.683. The molecule has 0 radical (unpaired) electrons. The van der Waals surface area contributed by atoms with E-state index in [0.717, 1.165) is 12.1 Å². The molecule has 1 saturated heterocycles. The molecule has 2 heterocycles. The Balaban J connectivity index is 1.55. The lowest BCUT2D eigenvalue weighted by atomic mass is 10.1. The number of aromatic nitrogens is 2. The molecule has 1 unspecified atom stereocenters. The van der Waals surface area contributed by atoms with E-state index in [9.17, 15) is 26.7 Å². The number of halogens is 3. The summed E-state index contributed by atoms with van der Waals surface area (Å²) in [7, 11) is -0.488. The van der Waals surface area contributed by atoms with Crippen LogP contribution in [0.5, 0.6) is 5.75 Å². The van der Waals surface area contributed by atoms with Crippen molar-refractivity contribution in [2.75, 3.05) is 57.0 Å². The maximum absolute atomic E-state index is 12.3. The van der Waals surface area contributed by atoms with Gasteiger partial charge in [-0.15, -0.1) is 13.2 Å². The third-order valence-corrected chi connectivity index (χ3v) is 6.92. The molecule has 0 spiro atoms. The van der Waals surface area contributed by atoms with E-state index < -0.39 is 22.7 Å². The highest BCUT2D eigenvalue weighted by Crippen LogP contribution is 2.25. The van der Waals surface area contributed by atoms with Crippen molar-refractivity contribution in [1.29, 1.82) is 0 Å². The normalized spacial score (nSPS) is 16.6. The highest BCUT2D eigenvalue weighted by Gasteiger charge is 2.31. The summed E-state index contributed by atoms with van der Waals surface area (Å²) >= 11 is 0. The predicted molar refractivity (Wildman–Crippen MR) is 115 cm³/mol. The Kier molecular flexibility index (Phi) is 7.62. The highest BCUT2D eigenvalue weighted by molar-refractivity contribution is 7.86. The van der Waals surface area contributed by atoms with Crippen LogP contribution in [0.25, 0.3) is 0 Å². The standard InChI is InChI=1S/C19H25F3N6O4S/c1-26(2)33(30,31)28-9-7-27(8-10-28)18-11-17(24-13-25-18)23-12-16(29)14-3-5-15(6-4-14)32-19(20,21)22/h3-6,11,13,16,29H,7-10,12H2,1-2H3,(H,23,24,25). The van der Waals surface area contributed by atoms with Gasteiger partial charge in [0.2, 0.25) is 0 Å². The molecule has 0 amide bonds. The Morgan fingerprint density at radius 1 is 1.15 bits per heavy atom. The lowest BCUT2D eigenvalue weighted by molar-refractivity contribution is -0.274. The molecule has 2 N–H and O–H groups in total. The molecule has 2 aromatic rings. The second-order valence-corrected chi connectivity index (χ2v) is 9.59. The molecule has 10 nitrogen and oxygen atoms in total. The monoisotopic (exact) mass is 490 g/mol. The van der Waals surface area contributed by atoms with Gasteiger partial charge < -0.3 is 20.1 Å². The van der Waals surface area contributed by atoms with Crippen LogP contribution in [-0.4, -0.2) is 85.3 Å². The molecular weight excluding hydrogens is 465 g/mol. The number of alkyl halides is 3. The van der Waals surface area contributed by atoms with Gasteiger partial charge in [-0.3, -0.25) is 0 Å². The number of nitrogens with one attached hydrogen (secondary N) is 1. The number of benzene rings is 1. The van der Waals surface area contributed by atoms with Crippen molar-refractivity contribution in [1.82, 2.24) is 18.6 Å². The van der Waals surface area contributed by atoms with Crippen molar-refractivity contribution in [2.24, 2.45) is 0 Å². The lowest BCUT2D eigenvalue weighted by Crippen LogP contribution is -2.51. The summed E-state index contributed by atoms with van der Waals surface area (Å²) in [6.07, 6.45) is -4.42. The highest BCUT2D eigenvalue weighted by atomic mass is 32.2. The summed E-state index contributed by atoms with van der Waals surface area (Å²) in [6, 6.07) is 6.64. The molecule has 1 atom stereocenters. The second kappa shape index (κ2) is 10.1. The first-order valence-corrected chi connectivity index (χ1v) is 11.4. The fraction of sp³-hybridized carbons (Fsp3) is 0.474. The first-order valence-electron chi connectivity index (χ1n) is 9.98. The summed E-state index contributed by atoms with van der Waals surface area (Å²) in [5.41, 5.74) is 0.407. The van der Waals surface area contributed by atoms with Gasteiger partial charge in [0.1, 0.15) is 23.7 Å². The maximum Gasteiger partial charge on any atom is 0.573 e. The summed E-state index contributed by atoms with van der Waals surface area (Å²) < 4.78 is 67.6. The number of anilines is 2. The first kappa shape index (κ1) is 25.0. The fourth-order valence-corrected chi connectivity index (χ4v) is 4.29. The zero-order valence-electron chi connectivity index (χ0n) is 18.0. The Morgan fingerprint density at radius 2 is 1.79 bits per heavy atom. The van der Waals surface area contributed by atoms with E-state index in [1.165, 1.54) is 41.2 Å². The van der Waals surface area contributed by atoms with Gasteiger partial charge in [0, 0.05) is 52.9 Å². The molecule has 182 valence electrons. The predicted octanol–water partition coefficient (Wildman–Crippen LogP) is 1.45. The topological polar surface area (TPSA) is 111 Å². The molecule has 0 saturated carbocycles. The minimum Gasteiger partial charge on any atom is -0.406 e. The van der Waals surface area contributed by atoms with Crippen molar-refractivity contribution < 1.29 is 31.4 Å². The minimum absolute atomic E-state index is 0.0603. The summed E-state index contributed by atoms with van der Waals surface area (Å²) in [4.78, 5) is 10.3. The van der Waals surface area contributed by atoms with Gasteiger partial charge in [-0.05, 0) is 17.7 Å². The molecule has 14 heteroatoms.